The van der Waals surface area contributed by atoms with Crippen molar-refractivity contribution in [2.45, 2.75) is 31.7 Å². The lowest BCUT2D eigenvalue weighted by Crippen LogP contribution is -2.45. The molecular formula is C17H21N3O3. The smallest absolute Gasteiger partial charge is 0.270 e. The molecule has 0 radical (unpaired) electrons. The fourth-order valence-corrected chi connectivity index (χ4v) is 3.22. The molecule has 3 rings (SSSR count). The van der Waals surface area contributed by atoms with Crippen LogP contribution in [0.4, 0.5) is 0 Å². The van der Waals surface area contributed by atoms with Crippen LogP contribution in [0.1, 0.15) is 36.2 Å². The Balaban J connectivity index is 1.87. The molecule has 0 aliphatic carbocycles. The van der Waals surface area contributed by atoms with E-state index in [1.165, 1.54) is 0 Å². The van der Waals surface area contributed by atoms with Gasteiger partial charge in [-0.25, -0.2) is 0 Å². The number of rotatable bonds is 4. The predicted molar refractivity (Wildman–Crippen MR) is 87.3 cm³/mol. The first-order valence-electron chi connectivity index (χ1n) is 7.84. The van der Waals surface area contributed by atoms with Crippen molar-refractivity contribution < 1.29 is 14.3 Å². The molecule has 6 heteroatoms. The van der Waals surface area contributed by atoms with Gasteiger partial charge in [0.25, 0.3) is 5.91 Å². The summed E-state index contributed by atoms with van der Waals surface area (Å²) in [6.07, 6.45) is 3.02. The van der Waals surface area contributed by atoms with E-state index in [1.807, 2.05) is 24.3 Å². The topological polar surface area (TPSA) is 88.4 Å². The van der Waals surface area contributed by atoms with Crippen molar-refractivity contribution in [2.24, 2.45) is 5.73 Å². The number of amides is 2. The Hall–Kier alpha value is -2.50. The maximum atomic E-state index is 12.8. The first kappa shape index (κ1) is 15.4. The van der Waals surface area contributed by atoms with E-state index in [1.54, 1.807) is 12.0 Å². The number of aromatic nitrogens is 1. The summed E-state index contributed by atoms with van der Waals surface area (Å²) in [5.41, 5.74) is 6.71. The summed E-state index contributed by atoms with van der Waals surface area (Å²) in [6, 6.07) is 7.38. The van der Waals surface area contributed by atoms with Crippen molar-refractivity contribution in [1.29, 1.82) is 0 Å². The summed E-state index contributed by atoms with van der Waals surface area (Å²) in [4.78, 5) is 29.0. The molecule has 1 aromatic carbocycles. The van der Waals surface area contributed by atoms with Crippen molar-refractivity contribution in [1.82, 2.24) is 9.88 Å². The molecule has 2 aromatic rings. The van der Waals surface area contributed by atoms with Crippen molar-refractivity contribution in [3.8, 4) is 5.75 Å². The van der Waals surface area contributed by atoms with E-state index in [2.05, 4.69) is 4.98 Å². The molecule has 1 aromatic heterocycles. The van der Waals surface area contributed by atoms with Gasteiger partial charge in [-0.3, -0.25) is 9.59 Å². The number of nitrogens with one attached hydrogen (secondary N) is 1. The number of aromatic amines is 1. The van der Waals surface area contributed by atoms with E-state index in [-0.39, 0.29) is 24.3 Å². The Labute approximate surface area is 134 Å². The maximum Gasteiger partial charge on any atom is 0.270 e. The Morgan fingerprint density at radius 3 is 2.91 bits per heavy atom. The van der Waals surface area contributed by atoms with Gasteiger partial charge in [0.15, 0.2) is 0 Å². The summed E-state index contributed by atoms with van der Waals surface area (Å²) in [7, 11) is 1.61. The Bertz CT molecular complexity index is 738. The van der Waals surface area contributed by atoms with Gasteiger partial charge in [0.2, 0.25) is 5.91 Å². The van der Waals surface area contributed by atoms with E-state index in [9.17, 15) is 9.59 Å². The van der Waals surface area contributed by atoms with Crippen molar-refractivity contribution in [3.63, 3.8) is 0 Å². The summed E-state index contributed by atoms with van der Waals surface area (Å²) in [5, 5.41) is 0.956. The van der Waals surface area contributed by atoms with Crippen LogP contribution in [0.3, 0.4) is 0 Å². The molecule has 1 saturated heterocycles. The number of hydrogen-bond acceptors (Lipinski definition) is 3. The fraction of sp³-hybridized carbons (Fsp3) is 0.412. The zero-order valence-corrected chi connectivity index (χ0v) is 13.2. The Morgan fingerprint density at radius 2 is 2.17 bits per heavy atom. The predicted octanol–water partition coefficient (Wildman–Crippen LogP) is 2.05. The number of benzene rings is 1. The standard InChI is InChI=1S/C17H21N3O3/c1-23-13-6-5-11-8-15(19-14(11)10-13)17(22)20-7-3-2-4-12(20)9-16(18)21/h5-6,8,10,12,19H,2-4,7,9H2,1H3,(H2,18,21)/t12-/m0/s1. The summed E-state index contributed by atoms with van der Waals surface area (Å²) < 4.78 is 5.20. The molecule has 2 heterocycles. The molecular weight excluding hydrogens is 294 g/mol. The van der Waals surface area contributed by atoms with Gasteiger partial charge in [-0.15, -0.1) is 0 Å². The molecule has 1 fully saturated rings. The molecule has 1 atom stereocenters. The second kappa shape index (κ2) is 6.32. The average molecular weight is 315 g/mol. The second-order valence-corrected chi connectivity index (χ2v) is 5.95. The molecule has 2 amide bonds. The monoisotopic (exact) mass is 315 g/mol. The highest BCUT2D eigenvalue weighted by molar-refractivity contribution is 5.98. The molecule has 0 spiro atoms. The number of likely N-dealkylation sites (tertiary alicyclic amines) is 1. The lowest BCUT2D eigenvalue weighted by molar-refractivity contribution is -0.119. The summed E-state index contributed by atoms with van der Waals surface area (Å²) in [5.74, 6) is 0.296. The number of nitrogens with zero attached hydrogens (tertiary/aromatic N) is 1. The SMILES string of the molecule is COc1ccc2cc(C(=O)N3CCCC[C@H]3CC(N)=O)[nH]c2c1. The molecule has 0 saturated carbocycles. The molecule has 6 nitrogen and oxygen atoms in total. The van der Waals surface area contributed by atoms with Gasteiger partial charge in [-0.1, -0.05) is 0 Å². The van der Waals surface area contributed by atoms with Crippen LogP contribution < -0.4 is 10.5 Å². The minimum Gasteiger partial charge on any atom is -0.497 e. The minimum absolute atomic E-state index is 0.0777. The molecule has 122 valence electrons. The fourth-order valence-electron chi connectivity index (χ4n) is 3.22. The van der Waals surface area contributed by atoms with Gasteiger partial charge in [0.1, 0.15) is 11.4 Å². The minimum atomic E-state index is -0.365. The molecule has 23 heavy (non-hydrogen) atoms. The highest BCUT2D eigenvalue weighted by atomic mass is 16.5. The number of H-pyrrole nitrogens is 1. The van der Waals surface area contributed by atoms with Gasteiger partial charge in [-0.05, 0) is 37.5 Å². The zero-order chi connectivity index (χ0) is 16.4. The number of nitrogens with two attached hydrogens (primary N) is 1. The Kier molecular flexibility index (Phi) is 4.23. The van der Waals surface area contributed by atoms with Crippen LogP contribution in [-0.2, 0) is 4.79 Å². The van der Waals surface area contributed by atoms with Crippen molar-refractivity contribution in [3.05, 3.63) is 30.0 Å². The summed E-state index contributed by atoms with van der Waals surface area (Å²) >= 11 is 0. The van der Waals surface area contributed by atoms with Gasteiger partial charge in [-0.2, -0.15) is 0 Å². The third kappa shape index (κ3) is 3.16. The number of carbonyl (C=O) groups is 2. The van der Waals surface area contributed by atoms with Gasteiger partial charge >= 0.3 is 0 Å². The van der Waals surface area contributed by atoms with Gasteiger partial charge < -0.3 is 20.4 Å². The number of methoxy groups -OCH3 is 1. The van der Waals surface area contributed by atoms with E-state index >= 15 is 0 Å². The van der Waals surface area contributed by atoms with Crippen LogP contribution in [0.25, 0.3) is 10.9 Å². The van der Waals surface area contributed by atoms with Crippen LogP contribution in [0.2, 0.25) is 0 Å². The molecule has 0 unspecified atom stereocenters. The molecule has 1 aliphatic heterocycles. The lowest BCUT2D eigenvalue weighted by atomic mass is 9.98. The number of carbonyl (C=O) groups excluding carboxylic acids is 2. The first-order chi connectivity index (χ1) is 11.1. The number of primary amides is 1. The van der Waals surface area contributed by atoms with Crippen LogP contribution in [0.15, 0.2) is 24.3 Å². The summed E-state index contributed by atoms with van der Waals surface area (Å²) in [6.45, 7) is 0.662. The number of hydrogen-bond donors (Lipinski definition) is 2. The highest BCUT2D eigenvalue weighted by Crippen LogP contribution is 2.25. The van der Waals surface area contributed by atoms with E-state index < -0.39 is 0 Å². The van der Waals surface area contributed by atoms with E-state index in [4.69, 9.17) is 10.5 Å². The van der Waals surface area contributed by atoms with Crippen molar-refractivity contribution >= 4 is 22.7 Å². The Morgan fingerprint density at radius 1 is 1.35 bits per heavy atom. The number of ether oxygens (including phenoxy) is 1. The average Bonchev–Trinajstić information content (AvgIpc) is 2.97. The molecule has 3 N–H and O–H groups in total. The largest absolute Gasteiger partial charge is 0.497 e. The van der Waals surface area contributed by atoms with Gasteiger partial charge in [0, 0.05) is 36.0 Å². The first-order valence-corrected chi connectivity index (χ1v) is 7.84. The third-order valence-corrected chi connectivity index (χ3v) is 4.38. The highest BCUT2D eigenvalue weighted by Gasteiger charge is 2.29. The van der Waals surface area contributed by atoms with Crippen LogP contribution >= 0.6 is 0 Å². The number of fused-ring (bicyclic) bond motifs is 1. The molecule has 1 aliphatic rings. The van der Waals surface area contributed by atoms with Gasteiger partial charge in [0.05, 0.1) is 7.11 Å². The van der Waals surface area contributed by atoms with E-state index in [0.717, 1.165) is 35.9 Å². The van der Waals surface area contributed by atoms with Crippen LogP contribution in [0, 0.1) is 0 Å². The van der Waals surface area contributed by atoms with E-state index in [0.29, 0.717) is 12.2 Å². The van der Waals surface area contributed by atoms with Crippen LogP contribution in [0.5, 0.6) is 5.75 Å². The maximum absolute atomic E-state index is 12.8. The van der Waals surface area contributed by atoms with Crippen LogP contribution in [-0.4, -0.2) is 41.4 Å². The van der Waals surface area contributed by atoms with Crippen molar-refractivity contribution in [2.75, 3.05) is 13.7 Å². The quantitative estimate of drug-likeness (QED) is 0.905. The molecule has 0 bridgehead atoms. The normalized spacial score (nSPS) is 18.1. The lowest BCUT2D eigenvalue weighted by Gasteiger charge is -2.34. The number of piperidine rings is 1. The zero-order valence-electron chi connectivity index (χ0n) is 13.2. The second-order valence-electron chi connectivity index (χ2n) is 5.95. The third-order valence-electron chi connectivity index (χ3n) is 4.38.